The molecule has 0 saturated carbocycles. The summed E-state index contributed by atoms with van der Waals surface area (Å²) in [4.78, 5) is 35.6. The fraction of sp³-hybridized carbons (Fsp3) is 0.609. The van der Waals surface area contributed by atoms with Crippen LogP contribution in [0.15, 0.2) is 30.3 Å². The molecule has 0 bridgehead atoms. The van der Waals surface area contributed by atoms with Crippen LogP contribution >= 0.6 is 0 Å². The molecule has 1 aromatic rings. The largest absolute Gasteiger partial charge is 0.462 e. The molecule has 1 aromatic carbocycles. The first-order chi connectivity index (χ1) is 14.5. The molecule has 168 valence electrons. The molecular weight excluding hydrogens is 388 g/mol. The standard InChI is InChI=1S/C23H34O7/c1-3-4-5-6-10-13-23(26)30-20(17-27-2)18-29-22(25)15-14-21(24)28-16-19-11-8-7-9-12-19/h7-9,11-12,20H,3-6,10,13-18H2,1-2H3. The van der Waals surface area contributed by atoms with Crippen molar-refractivity contribution in [3.63, 3.8) is 0 Å². The molecule has 7 heteroatoms. The first kappa shape index (κ1) is 25.6. The summed E-state index contributed by atoms with van der Waals surface area (Å²) in [6, 6.07) is 9.30. The average molecular weight is 423 g/mol. The van der Waals surface area contributed by atoms with Crippen LogP contribution in [0.25, 0.3) is 0 Å². The van der Waals surface area contributed by atoms with E-state index < -0.39 is 18.0 Å². The van der Waals surface area contributed by atoms with Crippen LogP contribution in [0, 0.1) is 0 Å². The summed E-state index contributed by atoms with van der Waals surface area (Å²) in [6.45, 7) is 2.33. The third kappa shape index (κ3) is 12.9. The van der Waals surface area contributed by atoms with Gasteiger partial charge in [-0.2, -0.15) is 0 Å². The lowest BCUT2D eigenvalue weighted by molar-refractivity contribution is -0.162. The number of hydrogen-bond acceptors (Lipinski definition) is 7. The highest BCUT2D eigenvalue weighted by molar-refractivity contribution is 5.77. The van der Waals surface area contributed by atoms with Gasteiger partial charge in [0.15, 0.2) is 6.10 Å². The molecule has 0 aliphatic rings. The van der Waals surface area contributed by atoms with Crippen molar-refractivity contribution in [1.29, 1.82) is 0 Å². The molecule has 0 radical (unpaired) electrons. The van der Waals surface area contributed by atoms with Gasteiger partial charge in [0.1, 0.15) is 13.2 Å². The second-order valence-corrected chi connectivity index (χ2v) is 7.06. The minimum Gasteiger partial charge on any atom is -0.462 e. The van der Waals surface area contributed by atoms with Crippen molar-refractivity contribution >= 4 is 17.9 Å². The Morgan fingerprint density at radius 3 is 2.13 bits per heavy atom. The van der Waals surface area contributed by atoms with Gasteiger partial charge in [-0.25, -0.2) is 0 Å². The van der Waals surface area contributed by atoms with Crippen LogP contribution in [0.4, 0.5) is 0 Å². The van der Waals surface area contributed by atoms with Gasteiger partial charge in [-0.1, -0.05) is 62.9 Å². The highest BCUT2D eigenvalue weighted by atomic mass is 16.6. The first-order valence-corrected chi connectivity index (χ1v) is 10.6. The van der Waals surface area contributed by atoms with Crippen molar-refractivity contribution in [2.45, 2.75) is 71.0 Å². The molecule has 1 atom stereocenters. The van der Waals surface area contributed by atoms with Crippen LogP contribution in [-0.4, -0.2) is 44.3 Å². The van der Waals surface area contributed by atoms with Gasteiger partial charge in [0, 0.05) is 13.5 Å². The quantitative estimate of drug-likeness (QED) is 0.226. The zero-order valence-electron chi connectivity index (χ0n) is 18.1. The molecule has 0 aliphatic heterocycles. The monoisotopic (exact) mass is 422 g/mol. The predicted octanol–water partition coefficient (Wildman–Crippen LogP) is 3.97. The number of carbonyl (C=O) groups excluding carboxylic acids is 3. The highest BCUT2D eigenvalue weighted by Gasteiger charge is 2.17. The number of esters is 3. The maximum atomic E-state index is 11.9. The first-order valence-electron chi connectivity index (χ1n) is 10.6. The van der Waals surface area contributed by atoms with Gasteiger partial charge in [-0.3, -0.25) is 14.4 Å². The zero-order chi connectivity index (χ0) is 22.0. The van der Waals surface area contributed by atoms with Gasteiger partial charge in [0.05, 0.1) is 19.4 Å². The van der Waals surface area contributed by atoms with E-state index in [0.29, 0.717) is 6.42 Å². The summed E-state index contributed by atoms with van der Waals surface area (Å²) in [5, 5.41) is 0. The molecule has 30 heavy (non-hydrogen) atoms. The van der Waals surface area contributed by atoms with E-state index in [1.807, 2.05) is 30.3 Å². The third-order valence-corrected chi connectivity index (χ3v) is 4.34. The van der Waals surface area contributed by atoms with Crippen LogP contribution in [0.2, 0.25) is 0 Å². The Balaban J connectivity index is 2.21. The second kappa shape index (κ2) is 16.4. The lowest BCUT2D eigenvalue weighted by Crippen LogP contribution is -2.29. The van der Waals surface area contributed by atoms with Crippen molar-refractivity contribution in [1.82, 2.24) is 0 Å². The lowest BCUT2D eigenvalue weighted by Gasteiger charge is -2.17. The van der Waals surface area contributed by atoms with Crippen LogP contribution in [0.3, 0.4) is 0 Å². The molecule has 1 unspecified atom stereocenters. The number of ether oxygens (including phenoxy) is 4. The molecule has 0 amide bonds. The summed E-state index contributed by atoms with van der Waals surface area (Å²) < 4.78 is 20.6. The van der Waals surface area contributed by atoms with E-state index in [0.717, 1.165) is 37.7 Å². The van der Waals surface area contributed by atoms with E-state index in [-0.39, 0.29) is 38.6 Å². The van der Waals surface area contributed by atoms with Crippen molar-refractivity contribution in [3.05, 3.63) is 35.9 Å². The number of unbranched alkanes of at least 4 members (excludes halogenated alkanes) is 4. The van der Waals surface area contributed by atoms with E-state index in [4.69, 9.17) is 18.9 Å². The summed E-state index contributed by atoms with van der Waals surface area (Å²) >= 11 is 0. The molecule has 0 heterocycles. The van der Waals surface area contributed by atoms with Crippen LogP contribution in [0.1, 0.15) is 63.9 Å². The molecule has 0 fully saturated rings. The van der Waals surface area contributed by atoms with Gasteiger partial charge in [-0.15, -0.1) is 0 Å². The van der Waals surface area contributed by atoms with E-state index in [1.54, 1.807) is 0 Å². The Labute approximate surface area is 179 Å². The molecule has 0 aromatic heterocycles. The van der Waals surface area contributed by atoms with E-state index in [9.17, 15) is 14.4 Å². The molecule has 0 N–H and O–H groups in total. The smallest absolute Gasteiger partial charge is 0.306 e. The SMILES string of the molecule is CCCCCCCC(=O)OC(COC)COC(=O)CCC(=O)OCc1ccccc1. The minimum atomic E-state index is -0.660. The number of benzene rings is 1. The van der Waals surface area contributed by atoms with E-state index in [1.165, 1.54) is 7.11 Å². The number of carbonyl (C=O) groups is 3. The third-order valence-electron chi connectivity index (χ3n) is 4.34. The summed E-state index contributed by atoms with van der Waals surface area (Å²) in [5.74, 6) is -1.35. The van der Waals surface area contributed by atoms with Gasteiger partial charge in [-0.05, 0) is 12.0 Å². The fourth-order valence-electron chi connectivity index (χ4n) is 2.69. The summed E-state index contributed by atoms with van der Waals surface area (Å²) in [6.07, 6.45) is 4.70. The van der Waals surface area contributed by atoms with E-state index >= 15 is 0 Å². The number of rotatable bonds is 16. The van der Waals surface area contributed by atoms with E-state index in [2.05, 4.69) is 6.92 Å². The van der Waals surface area contributed by atoms with Gasteiger partial charge in [0.2, 0.25) is 0 Å². The average Bonchev–Trinajstić information content (AvgIpc) is 2.75. The fourth-order valence-corrected chi connectivity index (χ4v) is 2.69. The van der Waals surface area contributed by atoms with Crippen molar-refractivity contribution in [3.8, 4) is 0 Å². The Kier molecular flexibility index (Phi) is 14.0. The molecule has 0 aliphatic carbocycles. The van der Waals surface area contributed by atoms with Gasteiger partial charge in [0.25, 0.3) is 0 Å². The van der Waals surface area contributed by atoms with Crippen molar-refractivity contribution in [2.24, 2.45) is 0 Å². The van der Waals surface area contributed by atoms with Crippen molar-refractivity contribution in [2.75, 3.05) is 20.3 Å². The predicted molar refractivity (Wildman–Crippen MR) is 112 cm³/mol. The lowest BCUT2D eigenvalue weighted by atomic mass is 10.1. The Hall–Kier alpha value is -2.41. The normalized spacial score (nSPS) is 11.5. The summed E-state index contributed by atoms with van der Waals surface area (Å²) in [5.41, 5.74) is 0.878. The molecular formula is C23H34O7. The number of hydrogen-bond donors (Lipinski definition) is 0. The van der Waals surface area contributed by atoms with Crippen LogP contribution < -0.4 is 0 Å². The minimum absolute atomic E-state index is 0.0713. The Bertz CT molecular complexity index is 615. The highest BCUT2D eigenvalue weighted by Crippen LogP contribution is 2.08. The Morgan fingerprint density at radius 2 is 1.47 bits per heavy atom. The maximum absolute atomic E-state index is 11.9. The molecule has 0 spiro atoms. The number of methoxy groups -OCH3 is 1. The van der Waals surface area contributed by atoms with Gasteiger partial charge >= 0.3 is 17.9 Å². The zero-order valence-corrected chi connectivity index (χ0v) is 18.1. The summed E-state index contributed by atoms with van der Waals surface area (Å²) in [7, 11) is 1.48. The molecule has 7 nitrogen and oxygen atoms in total. The van der Waals surface area contributed by atoms with Gasteiger partial charge < -0.3 is 18.9 Å². The Morgan fingerprint density at radius 1 is 0.800 bits per heavy atom. The molecule has 1 rings (SSSR count). The maximum Gasteiger partial charge on any atom is 0.306 e. The van der Waals surface area contributed by atoms with Crippen LogP contribution in [0.5, 0.6) is 0 Å². The van der Waals surface area contributed by atoms with Crippen LogP contribution in [-0.2, 0) is 39.9 Å². The topological polar surface area (TPSA) is 88.1 Å². The second-order valence-electron chi connectivity index (χ2n) is 7.06. The molecule has 0 saturated heterocycles. The van der Waals surface area contributed by atoms with Crippen molar-refractivity contribution < 1.29 is 33.3 Å².